The zero-order valence-corrected chi connectivity index (χ0v) is 19.6. The number of rotatable bonds is 6. The van der Waals surface area contributed by atoms with Crippen molar-refractivity contribution in [2.45, 2.75) is 57.8 Å². The summed E-state index contributed by atoms with van der Waals surface area (Å²) in [4.78, 5) is 18.1. The van der Waals surface area contributed by atoms with E-state index in [2.05, 4.69) is 22.5 Å². The van der Waals surface area contributed by atoms with E-state index in [0.717, 1.165) is 12.5 Å². The lowest BCUT2D eigenvalue weighted by Gasteiger charge is -2.27. The molecule has 0 aromatic heterocycles. The van der Waals surface area contributed by atoms with E-state index in [1.54, 1.807) is 11.9 Å². The molecule has 1 aliphatic heterocycles. The van der Waals surface area contributed by atoms with Gasteiger partial charge in [-0.2, -0.15) is 11.8 Å². The Morgan fingerprint density at radius 1 is 1.36 bits per heavy atom. The second kappa shape index (κ2) is 11.4. The van der Waals surface area contributed by atoms with Gasteiger partial charge in [-0.3, -0.25) is 4.99 Å². The van der Waals surface area contributed by atoms with Crippen molar-refractivity contribution >= 4 is 47.8 Å². The molecule has 8 heteroatoms. The lowest BCUT2D eigenvalue weighted by atomic mass is 10.1. The van der Waals surface area contributed by atoms with E-state index < -0.39 is 5.60 Å². The summed E-state index contributed by atoms with van der Waals surface area (Å²) >= 11 is 2.02. The summed E-state index contributed by atoms with van der Waals surface area (Å²) in [7, 11) is 1.77. The number of hydrogen-bond acceptors (Lipinski definition) is 4. The average molecular weight is 486 g/mol. The highest BCUT2D eigenvalue weighted by atomic mass is 127. The van der Waals surface area contributed by atoms with E-state index in [-0.39, 0.29) is 30.1 Å². The van der Waals surface area contributed by atoms with Crippen molar-refractivity contribution in [3.63, 3.8) is 0 Å². The minimum atomic E-state index is -0.468. The molecule has 0 aromatic rings. The van der Waals surface area contributed by atoms with Gasteiger partial charge < -0.3 is 20.3 Å². The molecule has 1 amide bonds. The number of guanidine groups is 1. The fourth-order valence-corrected chi connectivity index (χ4v) is 3.73. The van der Waals surface area contributed by atoms with Gasteiger partial charge in [0, 0.05) is 38.0 Å². The topological polar surface area (TPSA) is 66.0 Å². The molecule has 0 spiro atoms. The van der Waals surface area contributed by atoms with Gasteiger partial charge in [-0.25, -0.2) is 4.79 Å². The molecule has 2 N–H and O–H groups in total. The summed E-state index contributed by atoms with van der Waals surface area (Å²) in [5.41, 5.74) is -0.468. The first-order valence-corrected chi connectivity index (χ1v) is 9.74. The highest BCUT2D eigenvalue weighted by molar-refractivity contribution is 14.0. The molecule has 6 nitrogen and oxygen atoms in total. The van der Waals surface area contributed by atoms with Crippen LogP contribution in [0.5, 0.6) is 0 Å². The van der Waals surface area contributed by atoms with Gasteiger partial charge in [-0.05, 0) is 53.2 Å². The molecule has 1 atom stereocenters. The molecule has 148 valence electrons. The minimum absolute atomic E-state index is 0. The number of halogens is 1. The first-order valence-electron chi connectivity index (χ1n) is 8.75. The van der Waals surface area contributed by atoms with Crippen LogP contribution in [0.25, 0.3) is 0 Å². The molecule has 1 saturated heterocycles. The number of carbonyl (C=O) groups excluding carboxylic acids is 1. The zero-order valence-electron chi connectivity index (χ0n) is 16.5. The predicted octanol–water partition coefficient (Wildman–Crippen LogP) is 3.31. The molecule has 1 fully saturated rings. The van der Waals surface area contributed by atoms with Gasteiger partial charge in [-0.15, -0.1) is 24.0 Å². The van der Waals surface area contributed by atoms with Crippen LogP contribution in [0, 0.1) is 0 Å². The van der Waals surface area contributed by atoms with Crippen molar-refractivity contribution in [3.05, 3.63) is 0 Å². The quantitative estimate of drug-likeness (QED) is 0.343. The van der Waals surface area contributed by atoms with Crippen LogP contribution in [0.15, 0.2) is 4.99 Å². The molecule has 0 radical (unpaired) electrons. The first-order chi connectivity index (χ1) is 11.2. The monoisotopic (exact) mass is 486 g/mol. The maximum Gasteiger partial charge on any atom is 0.410 e. The van der Waals surface area contributed by atoms with Crippen LogP contribution in [-0.2, 0) is 4.74 Å². The number of nitrogens with zero attached hydrogens (tertiary/aromatic N) is 2. The molecule has 1 heterocycles. The lowest BCUT2D eigenvalue weighted by molar-refractivity contribution is 0.0264. The molecule has 0 saturated carbocycles. The van der Waals surface area contributed by atoms with Gasteiger partial charge in [-0.1, -0.05) is 0 Å². The third-order valence-electron chi connectivity index (χ3n) is 3.86. The third-order valence-corrected chi connectivity index (χ3v) is 5.40. The van der Waals surface area contributed by atoms with Crippen LogP contribution in [0.1, 0.15) is 47.5 Å². The normalized spacial score (nSPS) is 20.6. The van der Waals surface area contributed by atoms with Crippen LogP contribution >= 0.6 is 35.7 Å². The minimum Gasteiger partial charge on any atom is -0.444 e. The standard InChI is InChI=1S/C17H34N4O2S.HI/c1-7-21(15(22)23-16(2,3)4)11-10-19-14(18-6)20-13-17(5)9-8-12-24-17;/h7-13H2,1-6H3,(H2,18,19,20);1H. The summed E-state index contributed by atoms with van der Waals surface area (Å²) in [5, 5.41) is 6.67. The van der Waals surface area contributed by atoms with Gasteiger partial charge in [0.2, 0.25) is 0 Å². The van der Waals surface area contributed by atoms with Crippen LogP contribution in [0.4, 0.5) is 4.79 Å². The number of nitrogens with one attached hydrogen (secondary N) is 2. The van der Waals surface area contributed by atoms with Crippen molar-refractivity contribution in [3.8, 4) is 0 Å². The molecule has 1 unspecified atom stereocenters. The highest BCUT2D eigenvalue weighted by Gasteiger charge is 2.29. The van der Waals surface area contributed by atoms with E-state index in [1.165, 1.54) is 18.6 Å². The molecular weight excluding hydrogens is 451 g/mol. The Bertz CT molecular complexity index is 435. The lowest BCUT2D eigenvalue weighted by Crippen LogP contribution is -2.46. The Balaban J connectivity index is 0.00000576. The van der Waals surface area contributed by atoms with Crippen LogP contribution in [0.3, 0.4) is 0 Å². The number of aliphatic imine (C=N–C) groups is 1. The summed E-state index contributed by atoms with van der Waals surface area (Å²) in [6.07, 6.45) is 2.25. The van der Waals surface area contributed by atoms with Gasteiger partial charge in [0.15, 0.2) is 5.96 Å². The van der Waals surface area contributed by atoms with Crippen LogP contribution in [-0.4, -0.2) is 66.3 Å². The van der Waals surface area contributed by atoms with E-state index >= 15 is 0 Å². The van der Waals surface area contributed by atoms with Crippen molar-refractivity contribution < 1.29 is 9.53 Å². The van der Waals surface area contributed by atoms with Crippen molar-refractivity contribution in [2.24, 2.45) is 4.99 Å². The molecule has 1 aliphatic rings. The largest absolute Gasteiger partial charge is 0.444 e. The van der Waals surface area contributed by atoms with Crippen LogP contribution in [0.2, 0.25) is 0 Å². The summed E-state index contributed by atoms with van der Waals surface area (Å²) in [6, 6.07) is 0. The maximum absolute atomic E-state index is 12.1. The SMILES string of the molecule is CCN(CCNC(=NC)NCC1(C)CCCS1)C(=O)OC(C)(C)C.I. The Morgan fingerprint density at radius 3 is 2.52 bits per heavy atom. The number of thioether (sulfide) groups is 1. The number of carbonyl (C=O) groups is 1. The van der Waals surface area contributed by atoms with Gasteiger partial charge in [0.25, 0.3) is 0 Å². The van der Waals surface area contributed by atoms with Gasteiger partial charge in [0.05, 0.1) is 0 Å². The maximum atomic E-state index is 12.1. The number of ether oxygens (including phenoxy) is 1. The fourth-order valence-electron chi connectivity index (χ4n) is 2.48. The van der Waals surface area contributed by atoms with E-state index in [4.69, 9.17) is 4.74 Å². The Kier molecular flexibility index (Phi) is 11.2. The van der Waals surface area contributed by atoms with Crippen molar-refractivity contribution in [2.75, 3.05) is 39.0 Å². The average Bonchev–Trinajstić information content (AvgIpc) is 2.92. The number of amides is 1. The van der Waals surface area contributed by atoms with Gasteiger partial charge in [0.1, 0.15) is 5.60 Å². The highest BCUT2D eigenvalue weighted by Crippen LogP contribution is 2.36. The van der Waals surface area contributed by atoms with E-state index in [0.29, 0.717) is 24.4 Å². The number of likely N-dealkylation sites (N-methyl/N-ethyl adjacent to an activating group) is 1. The molecular formula is C17H35IN4O2S. The Morgan fingerprint density at radius 2 is 2.04 bits per heavy atom. The van der Waals surface area contributed by atoms with Crippen molar-refractivity contribution in [1.82, 2.24) is 15.5 Å². The molecule has 0 aromatic carbocycles. The Hall–Kier alpha value is -0.380. The Labute approximate surface area is 174 Å². The van der Waals surface area contributed by atoms with E-state index in [1.807, 2.05) is 39.5 Å². The number of hydrogen-bond donors (Lipinski definition) is 2. The molecule has 1 rings (SSSR count). The predicted molar refractivity (Wildman–Crippen MR) is 118 cm³/mol. The fraction of sp³-hybridized carbons (Fsp3) is 0.882. The first kappa shape index (κ1) is 24.6. The molecule has 0 aliphatic carbocycles. The summed E-state index contributed by atoms with van der Waals surface area (Å²) < 4.78 is 5.71. The second-order valence-corrected chi connectivity index (χ2v) is 9.00. The summed E-state index contributed by atoms with van der Waals surface area (Å²) in [5.74, 6) is 2.02. The van der Waals surface area contributed by atoms with Crippen LogP contribution < -0.4 is 10.6 Å². The second-order valence-electron chi connectivity index (χ2n) is 7.31. The van der Waals surface area contributed by atoms with Gasteiger partial charge >= 0.3 is 6.09 Å². The third kappa shape index (κ3) is 9.77. The van der Waals surface area contributed by atoms with E-state index in [9.17, 15) is 4.79 Å². The summed E-state index contributed by atoms with van der Waals surface area (Å²) in [6.45, 7) is 12.6. The molecule has 25 heavy (non-hydrogen) atoms. The van der Waals surface area contributed by atoms with Crippen molar-refractivity contribution in [1.29, 1.82) is 0 Å². The smallest absolute Gasteiger partial charge is 0.410 e. The zero-order chi connectivity index (χ0) is 18.2. The molecule has 0 bridgehead atoms.